The van der Waals surface area contributed by atoms with Crippen molar-refractivity contribution in [3.63, 3.8) is 0 Å². The van der Waals surface area contributed by atoms with Crippen LogP contribution < -0.4 is 0 Å². The zero-order valence-electron chi connectivity index (χ0n) is 9.14. The molecule has 0 aliphatic heterocycles. The van der Waals surface area contributed by atoms with Gasteiger partial charge >= 0.3 is 0 Å². The number of rotatable bonds is 3. The lowest BCUT2D eigenvalue weighted by Crippen LogP contribution is -1.98. The zero-order valence-corrected chi connectivity index (χ0v) is 9.90. The van der Waals surface area contributed by atoms with Crippen molar-refractivity contribution in [2.75, 3.05) is 7.11 Å². The van der Waals surface area contributed by atoms with Crippen LogP contribution >= 0.6 is 11.6 Å². The van der Waals surface area contributed by atoms with Gasteiger partial charge in [-0.05, 0) is 24.6 Å². The zero-order chi connectivity index (χ0) is 11.5. The fourth-order valence-electron chi connectivity index (χ4n) is 1.47. The van der Waals surface area contributed by atoms with Gasteiger partial charge in [-0.1, -0.05) is 22.9 Å². The maximum atomic E-state index is 6.05. The molecule has 0 atom stereocenters. The molecular weight excluding hydrogens is 226 g/mol. The second-order valence-electron chi connectivity index (χ2n) is 3.47. The molecule has 0 saturated carbocycles. The molecule has 5 heteroatoms. The summed E-state index contributed by atoms with van der Waals surface area (Å²) in [6.45, 7) is 2.41. The van der Waals surface area contributed by atoms with Gasteiger partial charge in [0.1, 0.15) is 5.69 Å². The molecule has 2 rings (SSSR count). The number of hydrogen-bond acceptors (Lipinski definition) is 3. The quantitative estimate of drug-likeness (QED) is 0.823. The van der Waals surface area contributed by atoms with Crippen LogP contribution in [0, 0.1) is 6.92 Å². The Hall–Kier alpha value is -1.39. The molecule has 0 saturated heterocycles. The third-order valence-electron chi connectivity index (χ3n) is 2.32. The largest absolute Gasteiger partial charge is 0.378 e. The fourth-order valence-corrected chi connectivity index (χ4v) is 1.64. The van der Waals surface area contributed by atoms with Crippen LogP contribution in [-0.2, 0) is 11.3 Å². The van der Waals surface area contributed by atoms with E-state index >= 15 is 0 Å². The number of aromatic nitrogens is 3. The van der Waals surface area contributed by atoms with E-state index in [1.165, 1.54) is 0 Å². The minimum absolute atomic E-state index is 0.458. The first-order valence-electron chi connectivity index (χ1n) is 4.88. The lowest BCUT2D eigenvalue weighted by atomic mass is 10.2. The number of methoxy groups -OCH3 is 1. The van der Waals surface area contributed by atoms with Crippen molar-refractivity contribution in [2.24, 2.45) is 0 Å². The van der Waals surface area contributed by atoms with Crippen LogP contribution in [0.5, 0.6) is 0 Å². The third-order valence-corrected chi connectivity index (χ3v) is 2.73. The summed E-state index contributed by atoms with van der Waals surface area (Å²) < 4.78 is 6.69. The summed E-state index contributed by atoms with van der Waals surface area (Å²) in [5.41, 5.74) is 2.71. The number of hydrogen-bond donors (Lipinski definition) is 0. The van der Waals surface area contributed by atoms with E-state index in [0.29, 0.717) is 6.61 Å². The first-order chi connectivity index (χ1) is 7.72. The molecule has 0 unspecified atom stereocenters. The van der Waals surface area contributed by atoms with E-state index in [4.69, 9.17) is 16.3 Å². The summed E-state index contributed by atoms with van der Waals surface area (Å²) in [7, 11) is 1.63. The summed E-state index contributed by atoms with van der Waals surface area (Å²) in [6, 6.07) is 5.70. The molecule has 0 fully saturated rings. The maximum absolute atomic E-state index is 6.05. The van der Waals surface area contributed by atoms with Gasteiger partial charge in [0.05, 0.1) is 18.5 Å². The number of halogens is 1. The standard InChI is InChI=1S/C11H12ClN3O/c1-8-10(12)4-3-5-11(8)15-6-9(7-16-2)13-14-15/h3-6H,7H2,1-2H3. The normalized spacial score (nSPS) is 10.7. The minimum Gasteiger partial charge on any atom is -0.378 e. The molecule has 2 aromatic rings. The minimum atomic E-state index is 0.458. The Kier molecular flexibility index (Phi) is 3.22. The molecular formula is C11H12ClN3O. The van der Waals surface area contributed by atoms with Crippen molar-refractivity contribution in [3.05, 3.63) is 40.7 Å². The van der Waals surface area contributed by atoms with Gasteiger partial charge < -0.3 is 4.74 Å². The van der Waals surface area contributed by atoms with Crippen LogP contribution in [0.4, 0.5) is 0 Å². The Morgan fingerprint density at radius 2 is 2.25 bits per heavy atom. The Morgan fingerprint density at radius 3 is 3.00 bits per heavy atom. The maximum Gasteiger partial charge on any atom is 0.109 e. The van der Waals surface area contributed by atoms with E-state index in [1.807, 2.05) is 31.3 Å². The van der Waals surface area contributed by atoms with E-state index in [1.54, 1.807) is 11.8 Å². The molecule has 4 nitrogen and oxygen atoms in total. The summed E-state index contributed by atoms with van der Waals surface area (Å²) in [5.74, 6) is 0. The van der Waals surface area contributed by atoms with Gasteiger partial charge in [0.25, 0.3) is 0 Å². The van der Waals surface area contributed by atoms with Gasteiger partial charge in [0, 0.05) is 12.1 Å². The molecule has 0 bridgehead atoms. The molecule has 0 amide bonds. The molecule has 1 heterocycles. The smallest absolute Gasteiger partial charge is 0.109 e. The van der Waals surface area contributed by atoms with Crippen LogP contribution in [0.15, 0.2) is 24.4 Å². The number of nitrogens with zero attached hydrogens (tertiary/aromatic N) is 3. The Labute approximate surface area is 98.8 Å². The van der Waals surface area contributed by atoms with E-state index < -0.39 is 0 Å². The predicted octanol–water partition coefficient (Wildman–Crippen LogP) is 2.38. The lowest BCUT2D eigenvalue weighted by Gasteiger charge is -2.05. The highest BCUT2D eigenvalue weighted by atomic mass is 35.5. The summed E-state index contributed by atoms with van der Waals surface area (Å²) in [5, 5.41) is 8.76. The van der Waals surface area contributed by atoms with Crippen molar-refractivity contribution in [3.8, 4) is 5.69 Å². The molecule has 1 aromatic carbocycles. The average Bonchev–Trinajstić information content (AvgIpc) is 2.71. The van der Waals surface area contributed by atoms with E-state index in [2.05, 4.69) is 10.3 Å². The molecule has 0 aliphatic rings. The van der Waals surface area contributed by atoms with Crippen LogP contribution in [0.3, 0.4) is 0 Å². The predicted molar refractivity (Wildman–Crippen MR) is 61.8 cm³/mol. The Bertz CT molecular complexity index is 496. The molecule has 1 aromatic heterocycles. The van der Waals surface area contributed by atoms with Crippen molar-refractivity contribution in [2.45, 2.75) is 13.5 Å². The van der Waals surface area contributed by atoms with E-state index in [0.717, 1.165) is 22.0 Å². The molecule has 0 radical (unpaired) electrons. The van der Waals surface area contributed by atoms with Gasteiger partial charge in [-0.25, -0.2) is 4.68 Å². The van der Waals surface area contributed by atoms with Crippen LogP contribution in [-0.4, -0.2) is 22.1 Å². The summed E-state index contributed by atoms with van der Waals surface area (Å²) >= 11 is 6.05. The van der Waals surface area contributed by atoms with Crippen LogP contribution in [0.25, 0.3) is 5.69 Å². The number of ether oxygens (including phenoxy) is 1. The van der Waals surface area contributed by atoms with Crippen LogP contribution in [0.1, 0.15) is 11.3 Å². The van der Waals surface area contributed by atoms with Crippen LogP contribution in [0.2, 0.25) is 5.02 Å². The highest BCUT2D eigenvalue weighted by Gasteiger charge is 2.06. The van der Waals surface area contributed by atoms with E-state index in [9.17, 15) is 0 Å². The monoisotopic (exact) mass is 237 g/mol. The second kappa shape index (κ2) is 4.63. The molecule has 0 spiro atoms. The first-order valence-corrected chi connectivity index (χ1v) is 5.26. The van der Waals surface area contributed by atoms with Crippen molar-refractivity contribution >= 4 is 11.6 Å². The number of benzene rings is 1. The van der Waals surface area contributed by atoms with Gasteiger partial charge in [-0.3, -0.25) is 0 Å². The summed E-state index contributed by atoms with van der Waals surface area (Å²) in [4.78, 5) is 0. The lowest BCUT2D eigenvalue weighted by molar-refractivity contribution is 0.181. The Balaban J connectivity index is 2.39. The van der Waals surface area contributed by atoms with Gasteiger partial charge in [-0.2, -0.15) is 0 Å². The van der Waals surface area contributed by atoms with Gasteiger partial charge in [0.2, 0.25) is 0 Å². The molecule has 16 heavy (non-hydrogen) atoms. The summed E-state index contributed by atoms with van der Waals surface area (Å²) in [6.07, 6.45) is 1.84. The highest BCUT2D eigenvalue weighted by molar-refractivity contribution is 6.31. The topological polar surface area (TPSA) is 39.9 Å². The third kappa shape index (κ3) is 2.08. The fraction of sp³-hybridized carbons (Fsp3) is 0.273. The molecule has 0 aliphatic carbocycles. The second-order valence-corrected chi connectivity index (χ2v) is 3.88. The van der Waals surface area contributed by atoms with E-state index in [-0.39, 0.29) is 0 Å². The van der Waals surface area contributed by atoms with Crippen molar-refractivity contribution in [1.29, 1.82) is 0 Å². The van der Waals surface area contributed by atoms with Crippen molar-refractivity contribution in [1.82, 2.24) is 15.0 Å². The average molecular weight is 238 g/mol. The molecule has 84 valence electrons. The Morgan fingerprint density at radius 1 is 1.44 bits per heavy atom. The highest BCUT2D eigenvalue weighted by Crippen LogP contribution is 2.21. The SMILES string of the molecule is COCc1cn(-c2cccc(Cl)c2C)nn1. The first kappa shape index (κ1) is 11.1. The van der Waals surface area contributed by atoms with Gasteiger partial charge in [0.15, 0.2) is 0 Å². The molecule has 0 N–H and O–H groups in total. The van der Waals surface area contributed by atoms with Gasteiger partial charge in [-0.15, -0.1) is 5.10 Å². The van der Waals surface area contributed by atoms with Crippen molar-refractivity contribution < 1.29 is 4.74 Å².